The number of hydrogen-bond acceptors (Lipinski definition) is 3. The molecule has 0 heterocycles. The first-order valence-corrected chi connectivity index (χ1v) is 3.63. The highest BCUT2D eigenvalue weighted by molar-refractivity contribution is 6.19. The third-order valence-corrected chi connectivity index (χ3v) is 1.38. The minimum absolute atomic E-state index is 0.201. The van der Waals surface area contributed by atoms with Crippen LogP contribution in [0.1, 0.15) is 6.42 Å². The van der Waals surface area contributed by atoms with Crippen LogP contribution >= 0.6 is 11.6 Å². The predicted molar refractivity (Wildman–Crippen MR) is 42.4 cm³/mol. The molecule has 0 aliphatic rings. The normalized spacial score (nSPS) is 11.0. The minimum Gasteiger partial charge on any atom is -0.500 e. The largest absolute Gasteiger partial charge is 0.500 e. The molecule has 0 aromatic carbocycles. The van der Waals surface area contributed by atoms with E-state index in [4.69, 9.17) is 16.3 Å². The second-order valence-corrected chi connectivity index (χ2v) is 2.06. The van der Waals surface area contributed by atoms with E-state index in [1.807, 2.05) is 0 Å². The molecule has 0 aromatic heterocycles. The molecule has 0 N–H and O–H groups in total. The van der Waals surface area contributed by atoms with Crippen molar-refractivity contribution in [2.75, 3.05) is 20.1 Å². The monoisotopic (exact) mass is 178 g/mol. The molecule has 0 radical (unpaired) electrons. The summed E-state index contributed by atoms with van der Waals surface area (Å²) in [5, 5.41) is 0. The van der Waals surface area contributed by atoms with Gasteiger partial charge in [-0.2, -0.15) is 0 Å². The van der Waals surface area contributed by atoms with Crippen molar-refractivity contribution in [3.8, 4) is 0 Å². The van der Waals surface area contributed by atoms with Gasteiger partial charge in [0.15, 0.2) is 0 Å². The number of hydrogen-bond donors (Lipinski definition) is 0. The van der Waals surface area contributed by atoms with Crippen LogP contribution in [-0.4, -0.2) is 26.1 Å². The summed E-state index contributed by atoms with van der Waals surface area (Å²) >= 11 is 5.45. The van der Waals surface area contributed by atoms with Crippen molar-refractivity contribution in [2.45, 2.75) is 6.42 Å². The van der Waals surface area contributed by atoms with E-state index in [1.54, 1.807) is 6.08 Å². The fourth-order valence-electron chi connectivity index (χ4n) is 0.473. The maximum absolute atomic E-state index is 10.6. The lowest BCUT2D eigenvalue weighted by atomic mass is 10.4. The maximum atomic E-state index is 10.6. The van der Waals surface area contributed by atoms with Gasteiger partial charge >= 0.3 is 5.97 Å². The predicted octanol–water partition coefficient (Wildman–Crippen LogP) is 1.32. The number of ether oxygens (including phenoxy) is 2. The summed E-state index contributed by atoms with van der Waals surface area (Å²) in [4.78, 5) is 10.6. The Morgan fingerprint density at radius 2 is 2.09 bits per heavy atom. The summed E-state index contributed by atoms with van der Waals surface area (Å²) in [5.74, 6) is 0.551. The zero-order chi connectivity index (χ0) is 8.69. The summed E-state index contributed by atoms with van der Waals surface area (Å²) in [5.41, 5.74) is 0. The Morgan fingerprint density at radius 3 is 2.45 bits per heavy atom. The van der Waals surface area contributed by atoms with Crippen molar-refractivity contribution in [2.24, 2.45) is 0 Å². The summed E-state index contributed by atoms with van der Waals surface area (Å²) in [6.45, 7) is 0. The van der Waals surface area contributed by atoms with Crippen molar-refractivity contribution in [3.63, 3.8) is 0 Å². The van der Waals surface area contributed by atoms with Crippen molar-refractivity contribution in [3.05, 3.63) is 11.8 Å². The topological polar surface area (TPSA) is 35.5 Å². The summed E-state index contributed by atoms with van der Waals surface area (Å²) in [7, 11) is 2.84. The van der Waals surface area contributed by atoms with Gasteiger partial charge in [0.1, 0.15) is 5.76 Å². The Morgan fingerprint density at radius 1 is 1.45 bits per heavy atom. The molecule has 0 aromatic rings. The van der Waals surface area contributed by atoms with Crippen LogP contribution in [0.4, 0.5) is 0 Å². The number of methoxy groups -OCH3 is 2. The number of rotatable bonds is 4. The van der Waals surface area contributed by atoms with Crippen LogP contribution in [-0.2, 0) is 14.3 Å². The van der Waals surface area contributed by atoms with Gasteiger partial charge < -0.3 is 9.47 Å². The van der Waals surface area contributed by atoms with Crippen molar-refractivity contribution >= 4 is 17.6 Å². The van der Waals surface area contributed by atoms with Crippen molar-refractivity contribution in [1.29, 1.82) is 0 Å². The molecule has 3 nitrogen and oxygen atoms in total. The first-order valence-electron chi connectivity index (χ1n) is 3.10. The lowest BCUT2D eigenvalue weighted by Crippen LogP contribution is -1.99. The summed E-state index contributed by atoms with van der Waals surface area (Å²) in [6.07, 6.45) is 1.80. The minimum atomic E-state index is -0.301. The third kappa shape index (κ3) is 4.67. The highest BCUT2D eigenvalue weighted by atomic mass is 35.5. The van der Waals surface area contributed by atoms with Crippen LogP contribution in [0.2, 0.25) is 0 Å². The molecule has 0 aliphatic heterocycles. The van der Waals surface area contributed by atoms with E-state index >= 15 is 0 Å². The summed E-state index contributed by atoms with van der Waals surface area (Å²) < 4.78 is 9.22. The lowest BCUT2D eigenvalue weighted by molar-refractivity contribution is -0.139. The van der Waals surface area contributed by atoms with E-state index in [-0.39, 0.29) is 18.3 Å². The van der Waals surface area contributed by atoms with E-state index in [1.165, 1.54) is 14.2 Å². The van der Waals surface area contributed by atoms with Crippen LogP contribution in [0.15, 0.2) is 11.8 Å². The van der Waals surface area contributed by atoms with E-state index in [0.717, 1.165) is 0 Å². The van der Waals surface area contributed by atoms with E-state index in [2.05, 4.69) is 4.74 Å². The Kier molecular flexibility index (Phi) is 5.65. The molecule has 0 saturated heterocycles. The average molecular weight is 179 g/mol. The van der Waals surface area contributed by atoms with Gasteiger partial charge in [0.05, 0.1) is 26.5 Å². The van der Waals surface area contributed by atoms with Crippen LogP contribution in [0.25, 0.3) is 0 Å². The molecule has 0 saturated carbocycles. The quantitative estimate of drug-likeness (QED) is 0.370. The molecule has 0 amide bonds. The van der Waals surface area contributed by atoms with Gasteiger partial charge in [0.2, 0.25) is 0 Å². The zero-order valence-corrected chi connectivity index (χ0v) is 7.35. The second-order valence-electron chi connectivity index (χ2n) is 1.79. The highest BCUT2D eigenvalue weighted by Crippen LogP contribution is 2.00. The van der Waals surface area contributed by atoms with Crippen LogP contribution in [0, 0.1) is 0 Å². The zero-order valence-electron chi connectivity index (χ0n) is 6.59. The molecule has 0 aliphatic carbocycles. The first kappa shape index (κ1) is 10.3. The van der Waals surface area contributed by atoms with Crippen LogP contribution < -0.4 is 0 Å². The van der Waals surface area contributed by atoms with E-state index in [9.17, 15) is 4.79 Å². The van der Waals surface area contributed by atoms with Gasteiger partial charge in [-0.3, -0.25) is 4.79 Å². The molecule has 0 atom stereocenters. The van der Waals surface area contributed by atoms with Crippen LogP contribution in [0.3, 0.4) is 0 Å². The average Bonchev–Trinajstić information content (AvgIpc) is 2.06. The SMILES string of the molecule is COC(=O)CC=C(CCl)OC. The highest BCUT2D eigenvalue weighted by Gasteiger charge is 1.98. The smallest absolute Gasteiger partial charge is 0.309 e. The number of alkyl halides is 1. The molecule has 0 spiro atoms. The number of esters is 1. The van der Waals surface area contributed by atoms with Gasteiger partial charge in [-0.15, -0.1) is 11.6 Å². The summed E-state index contributed by atoms with van der Waals surface area (Å²) in [6, 6.07) is 0. The number of halogens is 1. The molecule has 64 valence electrons. The van der Waals surface area contributed by atoms with Crippen molar-refractivity contribution in [1.82, 2.24) is 0 Å². The number of allylic oxidation sites excluding steroid dienone is 1. The van der Waals surface area contributed by atoms with Gasteiger partial charge in [-0.1, -0.05) is 0 Å². The second kappa shape index (κ2) is 6.04. The van der Waals surface area contributed by atoms with Crippen molar-refractivity contribution < 1.29 is 14.3 Å². The van der Waals surface area contributed by atoms with E-state index < -0.39 is 0 Å². The Hall–Kier alpha value is -0.700. The van der Waals surface area contributed by atoms with Gasteiger partial charge in [-0.05, 0) is 6.08 Å². The molecule has 0 fully saturated rings. The molecular formula is C7H11ClO3. The maximum Gasteiger partial charge on any atom is 0.309 e. The molecule has 0 rings (SSSR count). The fourth-order valence-corrected chi connectivity index (χ4v) is 0.691. The molecule has 0 unspecified atom stereocenters. The Bertz CT molecular complexity index is 148. The Balaban J connectivity index is 3.78. The molecule has 11 heavy (non-hydrogen) atoms. The number of carbonyl (C=O) groups is 1. The standard InChI is InChI=1S/C7H11ClO3/c1-10-6(5-8)3-4-7(9)11-2/h3H,4-5H2,1-2H3. The first-order chi connectivity index (χ1) is 5.24. The molecule has 0 bridgehead atoms. The van der Waals surface area contributed by atoms with E-state index in [0.29, 0.717) is 5.76 Å². The Labute approximate surface area is 70.9 Å². The van der Waals surface area contributed by atoms with Gasteiger partial charge in [0.25, 0.3) is 0 Å². The van der Waals surface area contributed by atoms with Gasteiger partial charge in [0, 0.05) is 0 Å². The number of carbonyl (C=O) groups excluding carboxylic acids is 1. The molecule has 4 heteroatoms. The molecular weight excluding hydrogens is 168 g/mol. The lowest BCUT2D eigenvalue weighted by Gasteiger charge is -1.99. The fraction of sp³-hybridized carbons (Fsp3) is 0.571. The van der Waals surface area contributed by atoms with Crippen LogP contribution in [0.5, 0.6) is 0 Å². The third-order valence-electron chi connectivity index (χ3n) is 1.12. The van der Waals surface area contributed by atoms with Gasteiger partial charge in [-0.25, -0.2) is 0 Å².